The molecule has 138 valence electrons. The molecule has 1 aliphatic rings. The SMILES string of the molecule is CCN(CC)C(=O)CCN(CC(=O)Nc1c(C)cccc1C)C1CC1. The van der Waals surface area contributed by atoms with Gasteiger partial charge in [0, 0.05) is 37.8 Å². The Balaban J connectivity index is 1.91. The van der Waals surface area contributed by atoms with Crippen molar-refractivity contribution in [1.82, 2.24) is 9.80 Å². The molecule has 1 aromatic carbocycles. The molecular formula is C20H31N3O2. The molecule has 0 bridgehead atoms. The van der Waals surface area contributed by atoms with Crippen molar-refractivity contribution in [2.75, 3.05) is 31.5 Å². The number of aryl methyl sites for hydroxylation is 2. The Kier molecular flexibility index (Phi) is 7.00. The van der Waals surface area contributed by atoms with Crippen molar-refractivity contribution in [1.29, 1.82) is 0 Å². The van der Waals surface area contributed by atoms with Gasteiger partial charge in [0.15, 0.2) is 0 Å². The molecule has 1 fully saturated rings. The molecule has 2 amide bonds. The molecule has 0 aromatic heterocycles. The number of hydrogen-bond donors (Lipinski definition) is 1. The lowest BCUT2D eigenvalue weighted by molar-refractivity contribution is -0.131. The second-order valence-corrected chi connectivity index (χ2v) is 6.83. The molecule has 2 rings (SSSR count). The Morgan fingerprint density at radius 1 is 1.12 bits per heavy atom. The van der Waals surface area contributed by atoms with Crippen LogP contribution in [0.3, 0.4) is 0 Å². The third kappa shape index (κ3) is 5.56. The number of benzene rings is 1. The third-order valence-corrected chi connectivity index (χ3v) is 4.88. The van der Waals surface area contributed by atoms with Gasteiger partial charge in [-0.1, -0.05) is 18.2 Å². The van der Waals surface area contributed by atoms with Gasteiger partial charge in [-0.2, -0.15) is 0 Å². The number of hydrogen-bond acceptors (Lipinski definition) is 3. The van der Waals surface area contributed by atoms with Crippen molar-refractivity contribution >= 4 is 17.5 Å². The van der Waals surface area contributed by atoms with Crippen LogP contribution in [0.1, 0.15) is 44.2 Å². The van der Waals surface area contributed by atoms with E-state index < -0.39 is 0 Å². The van der Waals surface area contributed by atoms with Crippen molar-refractivity contribution < 1.29 is 9.59 Å². The summed E-state index contributed by atoms with van der Waals surface area (Å²) in [6.07, 6.45) is 2.72. The highest BCUT2D eigenvalue weighted by atomic mass is 16.2. The lowest BCUT2D eigenvalue weighted by atomic mass is 10.1. The molecular weight excluding hydrogens is 314 g/mol. The largest absolute Gasteiger partial charge is 0.343 e. The average molecular weight is 345 g/mol. The van der Waals surface area contributed by atoms with Gasteiger partial charge in [-0.25, -0.2) is 0 Å². The van der Waals surface area contributed by atoms with Crippen LogP contribution in [0.25, 0.3) is 0 Å². The van der Waals surface area contributed by atoms with Crippen molar-refractivity contribution in [2.45, 2.75) is 53.0 Å². The summed E-state index contributed by atoms with van der Waals surface area (Å²) < 4.78 is 0. The summed E-state index contributed by atoms with van der Waals surface area (Å²) >= 11 is 0. The number of carbonyl (C=O) groups excluding carboxylic acids is 2. The van der Waals surface area contributed by atoms with Gasteiger partial charge in [0.25, 0.3) is 0 Å². The van der Waals surface area contributed by atoms with Crippen LogP contribution < -0.4 is 5.32 Å². The summed E-state index contributed by atoms with van der Waals surface area (Å²) in [4.78, 5) is 28.7. The zero-order chi connectivity index (χ0) is 18.4. The second kappa shape index (κ2) is 8.99. The number of rotatable bonds is 9. The van der Waals surface area contributed by atoms with Crippen LogP contribution in [0.15, 0.2) is 18.2 Å². The maximum Gasteiger partial charge on any atom is 0.238 e. The van der Waals surface area contributed by atoms with E-state index in [1.807, 2.05) is 50.8 Å². The van der Waals surface area contributed by atoms with Crippen LogP contribution in [0.5, 0.6) is 0 Å². The van der Waals surface area contributed by atoms with E-state index in [9.17, 15) is 9.59 Å². The number of anilines is 1. The Morgan fingerprint density at radius 3 is 2.24 bits per heavy atom. The molecule has 1 N–H and O–H groups in total. The fourth-order valence-corrected chi connectivity index (χ4v) is 3.18. The monoisotopic (exact) mass is 345 g/mol. The predicted octanol–water partition coefficient (Wildman–Crippen LogP) is 2.96. The maximum absolute atomic E-state index is 12.5. The summed E-state index contributed by atoms with van der Waals surface area (Å²) in [6.45, 7) is 10.5. The number of nitrogens with one attached hydrogen (secondary N) is 1. The van der Waals surface area contributed by atoms with Crippen LogP contribution in [0, 0.1) is 13.8 Å². The zero-order valence-corrected chi connectivity index (χ0v) is 16.0. The molecule has 0 unspecified atom stereocenters. The van der Waals surface area contributed by atoms with Crippen LogP contribution in [0.4, 0.5) is 5.69 Å². The van der Waals surface area contributed by atoms with E-state index in [0.717, 1.165) is 42.7 Å². The molecule has 0 heterocycles. The molecule has 1 saturated carbocycles. The highest BCUT2D eigenvalue weighted by Crippen LogP contribution is 2.27. The first-order valence-electron chi connectivity index (χ1n) is 9.34. The lowest BCUT2D eigenvalue weighted by Gasteiger charge is -2.24. The first kappa shape index (κ1) is 19.4. The van der Waals surface area contributed by atoms with E-state index >= 15 is 0 Å². The van der Waals surface area contributed by atoms with Gasteiger partial charge in [-0.15, -0.1) is 0 Å². The molecule has 0 spiro atoms. The number of carbonyl (C=O) groups is 2. The smallest absolute Gasteiger partial charge is 0.238 e. The van der Waals surface area contributed by atoms with Gasteiger partial charge in [-0.05, 0) is 51.7 Å². The molecule has 1 aliphatic carbocycles. The molecule has 25 heavy (non-hydrogen) atoms. The molecule has 1 aromatic rings. The number of nitrogens with zero attached hydrogens (tertiary/aromatic N) is 2. The van der Waals surface area contributed by atoms with Crippen molar-refractivity contribution in [3.8, 4) is 0 Å². The van der Waals surface area contributed by atoms with E-state index in [0.29, 0.717) is 25.6 Å². The van der Waals surface area contributed by atoms with E-state index in [-0.39, 0.29) is 11.8 Å². The molecule has 0 aliphatic heterocycles. The summed E-state index contributed by atoms with van der Waals surface area (Å²) in [5.74, 6) is 0.172. The van der Waals surface area contributed by atoms with Crippen LogP contribution in [-0.4, -0.2) is 53.8 Å². The molecule has 5 heteroatoms. The fraction of sp³-hybridized carbons (Fsp3) is 0.600. The minimum absolute atomic E-state index is 0.000381. The van der Waals surface area contributed by atoms with Crippen LogP contribution >= 0.6 is 0 Å². The minimum Gasteiger partial charge on any atom is -0.343 e. The van der Waals surface area contributed by atoms with Gasteiger partial charge in [0.05, 0.1) is 6.54 Å². The van der Waals surface area contributed by atoms with Gasteiger partial charge in [-0.3, -0.25) is 14.5 Å². The first-order chi connectivity index (χ1) is 12.0. The van der Waals surface area contributed by atoms with Gasteiger partial charge >= 0.3 is 0 Å². The minimum atomic E-state index is -0.000381. The summed E-state index contributed by atoms with van der Waals surface area (Å²) in [6, 6.07) is 6.46. The average Bonchev–Trinajstić information content (AvgIpc) is 3.41. The van der Waals surface area contributed by atoms with Gasteiger partial charge < -0.3 is 10.2 Å². The Hall–Kier alpha value is -1.88. The maximum atomic E-state index is 12.5. The Morgan fingerprint density at radius 2 is 1.72 bits per heavy atom. The highest BCUT2D eigenvalue weighted by molar-refractivity contribution is 5.93. The Labute approximate surface area is 151 Å². The summed E-state index contributed by atoms with van der Waals surface area (Å²) in [5.41, 5.74) is 3.05. The lowest BCUT2D eigenvalue weighted by Crippen LogP contribution is -2.39. The van der Waals surface area contributed by atoms with E-state index in [4.69, 9.17) is 0 Å². The number of amides is 2. The van der Waals surface area contributed by atoms with E-state index in [2.05, 4.69) is 10.2 Å². The van der Waals surface area contributed by atoms with E-state index in [1.54, 1.807) is 0 Å². The van der Waals surface area contributed by atoms with E-state index in [1.165, 1.54) is 0 Å². The normalized spacial score (nSPS) is 13.8. The Bertz CT molecular complexity index is 587. The van der Waals surface area contributed by atoms with Crippen molar-refractivity contribution in [2.24, 2.45) is 0 Å². The predicted molar refractivity (Wildman–Crippen MR) is 102 cm³/mol. The molecule has 0 atom stereocenters. The van der Waals surface area contributed by atoms with Gasteiger partial charge in [0.2, 0.25) is 11.8 Å². The van der Waals surface area contributed by atoms with Gasteiger partial charge in [0.1, 0.15) is 0 Å². The van der Waals surface area contributed by atoms with Crippen LogP contribution in [-0.2, 0) is 9.59 Å². The molecule has 0 saturated heterocycles. The quantitative estimate of drug-likeness (QED) is 0.749. The highest BCUT2D eigenvalue weighted by Gasteiger charge is 2.30. The standard InChI is InChI=1S/C20H31N3O2/c1-5-22(6-2)19(25)12-13-23(17-10-11-17)14-18(24)21-20-15(3)8-7-9-16(20)4/h7-9,17H,5-6,10-14H2,1-4H3,(H,21,24). The van der Waals surface area contributed by atoms with Crippen molar-refractivity contribution in [3.05, 3.63) is 29.3 Å². The first-order valence-corrected chi connectivity index (χ1v) is 9.34. The third-order valence-electron chi connectivity index (χ3n) is 4.88. The molecule has 0 radical (unpaired) electrons. The van der Waals surface area contributed by atoms with Crippen molar-refractivity contribution in [3.63, 3.8) is 0 Å². The fourth-order valence-electron chi connectivity index (χ4n) is 3.18. The second-order valence-electron chi connectivity index (χ2n) is 6.83. The topological polar surface area (TPSA) is 52.7 Å². The summed E-state index contributed by atoms with van der Waals surface area (Å²) in [5, 5.41) is 3.05. The van der Waals surface area contributed by atoms with Crippen LogP contribution in [0.2, 0.25) is 0 Å². The number of para-hydroxylation sites is 1. The summed E-state index contributed by atoms with van der Waals surface area (Å²) in [7, 11) is 0. The zero-order valence-electron chi connectivity index (χ0n) is 16.0. The molecule has 5 nitrogen and oxygen atoms in total.